The minimum atomic E-state index is -0.141. The fraction of sp³-hybridized carbons (Fsp3) is 0.500. The first-order valence-electron chi connectivity index (χ1n) is 4.57. The van der Waals surface area contributed by atoms with Crippen LogP contribution in [0.25, 0.3) is 0 Å². The summed E-state index contributed by atoms with van der Waals surface area (Å²) in [7, 11) is 0. The smallest absolute Gasteiger partial charge is 0.251 e. The van der Waals surface area contributed by atoms with Crippen LogP contribution in [0, 0.1) is 5.41 Å². The van der Waals surface area contributed by atoms with Crippen LogP contribution in [0.1, 0.15) is 6.92 Å². The topological polar surface area (TPSA) is 51.3 Å². The van der Waals surface area contributed by atoms with E-state index in [9.17, 15) is 4.79 Å². The molecule has 1 N–H and O–H groups in total. The van der Waals surface area contributed by atoms with Crippen LogP contribution in [0.4, 0.5) is 0 Å². The summed E-state index contributed by atoms with van der Waals surface area (Å²) in [5.74, 6) is 0.613. The van der Waals surface area contributed by atoms with Crippen molar-refractivity contribution in [3.8, 4) is 5.75 Å². The molecule has 76 valence electrons. The molecule has 2 heterocycles. The number of aromatic nitrogens is 1. The Morgan fingerprint density at radius 3 is 3.00 bits per heavy atom. The lowest BCUT2D eigenvalue weighted by Crippen LogP contribution is -2.44. The molecular weight excluding hydrogens is 182 g/mol. The maximum Gasteiger partial charge on any atom is 0.251 e. The molecule has 0 spiro atoms. The third-order valence-electron chi connectivity index (χ3n) is 2.23. The number of rotatable bonds is 3. The van der Waals surface area contributed by atoms with E-state index in [4.69, 9.17) is 9.47 Å². The summed E-state index contributed by atoms with van der Waals surface area (Å²) in [6.45, 7) is 4.16. The van der Waals surface area contributed by atoms with Gasteiger partial charge in [-0.1, -0.05) is 6.92 Å². The number of hydrogen-bond donors (Lipinski definition) is 1. The van der Waals surface area contributed by atoms with E-state index in [1.165, 1.54) is 6.07 Å². The van der Waals surface area contributed by atoms with Gasteiger partial charge in [-0.05, 0) is 6.07 Å². The Balaban J connectivity index is 1.94. The molecule has 0 aromatic carbocycles. The highest BCUT2D eigenvalue weighted by molar-refractivity contribution is 5.17. The number of nitrogens with one attached hydrogen (secondary N) is 1. The number of pyridine rings is 1. The third-order valence-corrected chi connectivity index (χ3v) is 2.23. The lowest BCUT2D eigenvalue weighted by atomic mass is 9.90. The molecule has 1 fully saturated rings. The molecule has 4 heteroatoms. The standard InChI is InChI=1S/C10H13NO3/c1-10(5-13-6-10)7-14-8-2-3-11-9(12)4-8/h2-4H,5-7H2,1H3,(H,11,12). The lowest BCUT2D eigenvalue weighted by molar-refractivity contribution is -0.120. The molecule has 0 radical (unpaired) electrons. The first-order valence-corrected chi connectivity index (χ1v) is 4.57. The molecule has 0 bridgehead atoms. The quantitative estimate of drug-likeness (QED) is 0.775. The van der Waals surface area contributed by atoms with Gasteiger partial charge in [-0.2, -0.15) is 0 Å². The van der Waals surface area contributed by atoms with Crippen LogP contribution in [0.15, 0.2) is 23.1 Å². The molecule has 1 aliphatic heterocycles. The molecule has 1 aromatic heterocycles. The fourth-order valence-corrected chi connectivity index (χ4v) is 1.31. The molecule has 4 nitrogen and oxygen atoms in total. The van der Waals surface area contributed by atoms with Gasteiger partial charge in [-0.3, -0.25) is 4.79 Å². The van der Waals surface area contributed by atoms with Crippen molar-refractivity contribution in [3.05, 3.63) is 28.7 Å². The lowest BCUT2D eigenvalue weighted by Gasteiger charge is -2.37. The van der Waals surface area contributed by atoms with Crippen molar-refractivity contribution in [3.63, 3.8) is 0 Å². The highest BCUT2D eigenvalue weighted by Gasteiger charge is 2.34. The second-order valence-corrected chi connectivity index (χ2v) is 3.98. The zero-order chi connectivity index (χ0) is 10.0. The van der Waals surface area contributed by atoms with Gasteiger partial charge in [0.1, 0.15) is 5.75 Å². The summed E-state index contributed by atoms with van der Waals surface area (Å²) < 4.78 is 10.6. The Kier molecular flexibility index (Phi) is 2.29. The van der Waals surface area contributed by atoms with E-state index in [1.807, 2.05) is 0 Å². The Hall–Kier alpha value is -1.29. The Morgan fingerprint density at radius 1 is 1.64 bits per heavy atom. The monoisotopic (exact) mass is 195 g/mol. The molecule has 0 amide bonds. The van der Waals surface area contributed by atoms with E-state index in [0.29, 0.717) is 12.4 Å². The molecule has 0 aliphatic carbocycles. The van der Waals surface area contributed by atoms with Gasteiger partial charge >= 0.3 is 0 Å². The van der Waals surface area contributed by atoms with Crippen molar-refractivity contribution in [1.29, 1.82) is 0 Å². The van der Waals surface area contributed by atoms with Crippen molar-refractivity contribution in [2.24, 2.45) is 5.41 Å². The molecule has 0 saturated carbocycles. The van der Waals surface area contributed by atoms with Crippen LogP contribution in [0.3, 0.4) is 0 Å². The first kappa shape index (κ1) is 9.27. The van der Waals surface area contributed by atoms with Crippen molar-refractivity contribution < 1.29 is 9.47 Å². The van der Waals surface area contributed by atoms with Crippen molar-refractivity contribution in [1.82, 2.24) is 4.98 Å². The number of aromatic amines is 1. The van der Waals surface area contributed by atoms with Crippen LogP contribution in [0.5, 0.6) is 5.75 Å². The summed E-state index contributed by atoms with van der Waals surface area (Å²) in [5, 5.41) is 0. The highest BCUT2D eigenvalue weighted by Crippen LogP contribution is 2.27. The molecule has 14 heavy (non-hydrogen) atoms. The predicted octanol–water partition coefficient (Wildman–Crippen LogP) is 0.790. The van der Waals surface area contributed by atoms with E-state index in [1.54, 1.807) is 12.3 Å². The zero-order valence-electron chi connectivity index (χ0n) is 8.08. The average molecular weight is 195 g/mol. The minimum Gasteiger partial charge on any atom is -0.493 e. The predicted molar refractivity (Wildman–Crippen MR) is 51.5 cm³/mol. The summed E-state index contributed by atoms with van der Waals surface area (Å²) >= 11 is 0. The molecule has 1 aliphatic rings. The Bertz CT molecular complexity index is 368. The van der Waals surface area contributed by atoms with E-state index in [-0.39, 0.29) is 11.0 Å². The van der Waals surface area contributed by atoms with E-state index >= 15 is 0 Å². The minimum absolute atomic E-state index is 0.114. The van der Waals surface area contributed by atoms with E-state index in [0.717, 1.165) is 13.2 Å². The van der Waals surface area contributed by atoms with Gasteiger partial charge in [0.05, 0.1) is 19.8 Å². The van der Waals surface area contributed by atoms with Gasteiger partial charge in [0, 0.05) is 17.7 Å². The summed E-state index contributed by atoms with van der Waals surface area (Å²) in [6.07, 6.45) is 1.58. The number of hydrogen-bond acceptors (Lipinski definition) is 3. The molecule has 1 saturated heterocycles. The summed E-state index contributed by atoms with van der Waals surface area (Å²) in [6, 6.07) is 3.19. The molecule has 0 unspecified atom stereocenters. The maximum absolute atomic E-state index is 10.9. The molecule has 2 rings (SSSR count). The fourth-order valence-electron chi connectivity index (χ4n) is 1.31. The van der Waals surface area contributed by atoms with Crippen LogP contribution in [-0.4, -0.2) is 24.8 Å². The molecule has 1 aromatic rings. The summed E-state index contributed by atoms with van der Waals surface area (Å²) in [5.41, 5.74) is -0.0275. The largest absolute Gasteiger partial charge is 0.493 e. The van der Waals surface area contributed by atoms with Gasteiger partial charge < -0.3 is 14.5 Å². The SMILES string of the molecule is CC1(COc2cc[nH]c(=O)c2)COC1. The van der Waals surface area contributed by atoms with Crippen LogP contribution < -0.4 is 10.3 Å². The van der Waals surface area contributed by atoms with Gasteiger partial charge in [-0.25, -0.2) is 0 Å². The summed E-state index contributed by atoms with van der Waals surface area (Å²) in [4.78, 5) is 13.5. The van der Waals surface area contributed by atoms with Gasteiger partial charge in [0.25, 0.3) is 5.56 Å². The normalized spacial score (nSPS) is 18.6. The zero-order valence-corrected chi connectivity index (χ0v) is 8.08. The average Bonchev–Trinajstić information content (AvgIpc) is 2.12. The van der Waals surface area contributed by atoms with Crippen molar-refractivity contribution >= 4 is 0 Å². The molecule has 0 atom stereocenters. The Labute approximate surface area is 81.9 Å². The highest BCUT2D eigenvalue weighted by atomic mass is 16.5. The number of H-pyrrole nitrogens is 1. The van der Waals surface area contributed by atoms with Crippen molar-refractivity contribution in [2.45, 2.75) is 6.92 Å². The van der Waals surface area contributed by atoms with Gasteiger partial charge in [-0.15, -0.1) is 0 Å². The van der Waals surface area contributed by atoms with Gasteiger partial charge in [0.2, 0.25) is 0 Å². The van der Waals surface area contributed by atoms with Crippen LogP contribution in [0.2, 0.25) is 0 Å². The van der Waals surface area contributed by atoms with Crippen molar-refractivity contribution in [2.75, 3.05) is 19.8 Å². The van der Waals surface area contributed by atoms with Gasteiger partial charge in [0.15, 0.2) is 0 Å². The van der Waals surface area contributed by atoms with Crippen LogP contribution in [-0.2, 0) is 4.74 Å². The number of ether oxygens (including phenoxy) is 2. The van der Waals surface area contributed by atoms with E-state index in [2.05, 4.69) is 11.9 Å². The second kappa shape index (κ2) is 3.46. The Morgan fingerprint density at radius 2 is 2.43 bits per heavy atom. The molecular formula is C10H13NO3. The third kappa shape index (κ3) is 1.96. The van der Waals surface area contributed by atoms with E-state index < -0.39 is 0 Å². The van der Waals surface area contributed by atoms with Crippen LogP contribution >= 0.6 is 0 Å². The second-order valence-electron chi connectivity index (χ2n) is 3.98. The first-order chi connectivity index (χ1) is 6.68. The maximum atomic E-state index is 10.9.